The van der Waals surface area contributed by atoms with Gasteiger partial charge in [0.05, 0.1) is 5.02 Å². The van der Waals surface area contributed by atoms with E-state index in [0.29, 0.717) is 16.8 Å². The highest BCUT2D eigenvalue weighted by molar-refractivity contribution is 6.32. The van der Waals surface area contributed by atoms with Crippen molar-refractivity contribution in [1.82, 2.24) is 4.98 Å². The summed E-state index contributed by atoms with van der Waals surface area (Å²) in [4.78, 5) is 6.74. The van der Waals surface area contributed by atoms with Gasteiger partial charge >= 0.3 is 0 Å². The van der Waals surface area contributed by atoms with Crippen LogP contribution in [0.5, 0.6) is 0 Å². The Morgan fingerprint density at radius 1 is 1.35 bits per heavy atom. The van der Waals surface area contributed by atoms with E-state index >= 15 is 0 Å². The largest absolute Gasteiger partial charge is 0.326 e. The van der Waals surface area contributed by atoms with Crippen LogP contribution in [0.1, 0.15) is 18.1 Å². The minimum Gasteiger partial charge on any atom is -0.326 e. The number of fused-ring (bicyclic) bond motifs is 1. The first-order valence-electron chi connectivity index (χ1n) is 6.75. The second kappa shape index (κ2) is 5.63. The van der Waals surface area contributed by atoms with Crippen LogP contribution in [0, 0.1) is 5.92 Å². The van der Waals surface area contributed by atoms with Crippen molar-refractivity contribution in [3.63, 3.8) is 0 Å². The Balaban J connectivity index is 2.06. The van der Waals surface area contributed by atoms with Gasteiger partial charge in [-0.1, -0.05) is 36.7 Å². The topological polar surface area (TPSA) is 16.1 Å². The molecule has 0 saturated carbocycles. The van der Waals surface area contributed by atoms with E-state index in [4.69, 9.17) is 23.2 Å². The minimum atomic E-state index is 0.402. The highest BCUT2D eigenvalue weighted by Gasteiger charge is 2.23. The number of benzene rings is 1. The molecular formula is C16H16Cl2N2. The Hall–Kier alpha value is -1.25. The SMILES string of the molecule is CC1Cc2ccccc2N(c2cc(CCl)c(Cl)cn2)C1. The highest BCUT2D eigenvalue weighted by Crippen LogP contribution is 2.35. The maximum Gasteiger partial charge on any atom is 0.133 e. The van der Waals surface area contributed by atoms with Crippen molar-refractivity contribution < 1.29 is 0 Å². The van der Waals surface area contributed by atoms with E-state index in [1.807, 2.05) is 6.07 Å². The van der Waals surface area contributed by atoms with Crippen molar-refractivity contribution in [2.24, 2.45) is 5.92 Å². The van der Waals surface area contributed by atoms with Gasteiger partial charge in [0.25, 0.3) is 0 Å². The van der Waals surface area contributed by atoms with E-state index in [9.17, 15) is 0 Å². The highest BCUT2D eigenvalue weighted by atomic mass is 35.5. The Morgan fingerprint density at radius 3 is 2.95 bits per heavy atom. The molecule has 4 heteroatoms. The smallest absolute Gasteiger partial charge is 0.133 e. The third kappa shape index (κ3) is 2.50. The van der Waals surface area contributed by atoms with Gasteiger partial charge in [-0.05, 0) is 35.6 Å². The monoisotopic (exact) mass is 306 g/mol. The molecule has 0 saturated heterocycles. The maximum atomic E-state index is 6.10. The number of alkyl halides is 1. The molecule has 0 bridgehead atoms. The number of nitrogens with zero attached hydrogens (tertiary/aromatic N) is 2. The van der Waals surface area contributed by atoms with E-state index in [0.717, 1.165) is 24.3 Å². The molecule has 2 nitrogen and oxygen atoms in total. The summed E-state index contributed by atoms with van der Waals surface area (Å²) in [7, 11) is 0. The molecular weight excluding hydrogens is 291 g/mol. The molecule has 20 heavy (non-hydrogen) atoms. The van der Waals surface area contributed by atoms with Crippen molar-refractivity contribution in [2.75, 3.05) is 11.4 Å². The normalized spacial score (nSPS) is 17.9. The van der Waals surface area contributed by atoms with Crippen molar-refractivity contribution in [3.05, 3.63) is 52.7 Å². The molecule has 2 aromatic rings. The van der Waals surface area contributed by atoms with Gasteiger partial charge in [-0.25, -0.2) is 4.98 Å². The summed E-state index contributed by atoms with van der Waals surface area (Å²) in [5.41, 5.74) is 3.53. The number of aromatic nitrogens is 1. The van der Waals surface area contributed by atoms with Crippen molar-refractivity contribution in [2.45, 2.75) is 19.2 Å². The third-order valence-electron chi connectivity index (χ3n) is 3.69. The summed E-state index contributed by atoms with van der Waals surface area (Å²) in [5.74, 6) is 1.92. The molecule has 1 aromatic heterocycles. The zero-order valence-electron chi connectivity index (χ0n) is 11.3. The molecule has 0 N–H and O–H groups in total. The predicted octanol–water partition coefficient (Wildman–Crippen LogP) is 4.80. The van der Waals surface area contributed by atoms with Crippen LogP contribution in [0.25, 0.3) is 0 Å². The van der Waals surface area contributed by atoms with Crippen LogP contribution in [0.15, 0.2) is 36.5 Å². The lowest BCUT2D eigenvalue weighted by atomic mass is 9.94. The van der Waals surface area contributed by atoms with Crippen molar-refractivity contribution in [1.29, 1.82) is 0 Å². The summed E-state index contributed by atoms with van der Waals surface area (Å²) in [6.07, 6.45) is 2.80. The Labute approximate surface area is 129 Å². The fourth-order valence-corrected chi connectivity index (χ4v) is 3.19. The Morgan fingerprint density at radius 2 is 2.15 bits per heavy atom. The van der Waals surface area contributed by atoms with E-state index in [1.54, 1.807) is 6.20 Å². The molecule has 3 rings (SSSR count). The molecule has 0 fully saturated rings. The Bertz CT molecular complexity index is 628. The molecule has 1 aromatic carbocycles. The van der Waals surface area contributed by atoms with Crippen LogP contribution in [0.3, 0.4) is 0 Å². The first-order chi connectivity index (χ1) is 9.69. The van der Waals surface area contributed by atoms with Gasteiger partial charge in [-0.3, -0.25) is 0 Å². The summed E-state index contributed by atoms with van der Waals surface area (Å²) in [6, 6.07) is 10.5. The van der Waals surface area contributed by atoms with Crippen LogP contribution in [-0.2, 0) is 12.3 Å². The zero-order chi connectivity index (χ0) is 14.1. The summed E-state index contributed by atoms with van der Waals surface area (Å²) in [6.45, 7) is 3.23. The second-order valence-electron chi connectivity index (χ2n) is 5.32. The number of halogens is 2. The lowest BCUT2D eigenvalue weighted by Gasteiger charge is -2.34. The molecule has 1 aliphatic heterocycles. The summed E-state index contributed by atoms with van der Waals surface area (Å²) < 4.78 is 0. The quantitative estimate of drug-likeness (QED) is 0.741. The van der Waals surface area contributed by atoms with Crippen LogP contribution < -0.4 is 4.90 Å². The van der Waals surface area contributed by atoms with E-state index in [2.05, 4.69) is 41.1 Å². The van der Waals surface area contributed by atoms with Crippen LogP contribution in [0.2, 0.25) is 5.02 Å². The second-order valence-corrected chi connectivity index (χ2v) is 5.99. The average molecular weight is 307 g/mol. The van der Waals surface area contributed by atoms with E-state index in [1.165, 1.54) is 11.3 Å². The lowest BCUT2D eigenvalue weighted by molar-refractivity contribution is 0.560. The first kappa shape index (κ1) is 13.7. The number of hydrogen-bond acceptors (Lipinski definition) is 2. The lowest BCUT2D eigenvalue weighted by Crippen LogP contribution is -2.31. The van der Waals surface area contributed by atoms with Gasteiger partial charge in [0.15, 0.2) is 0 Å². The van der Waals surface area contributed by atoms with Gasteiger partial charge < -0.3 is 4.90 Å². The molecule has 0 amide bonds. The molecule has 1 aliphatic rings. The fourth-order valence-electron chi connectivity index (χ4n) is 2.73. The molecule has 1 atom stereocenters. The Kier molecular flexibility index (Phi) is 3.86. The molecule has 0 spiro atoms. The van der Waals surface area contributed by atoms with Gasteiger partial charge in [-0.2, -0.15) is 0 Å². The summed E-state index contributed by atoms with van der Waals surface area (Å²) >= 11 is 12.0. The predicted molar refractivity (Wildman–Crippen MR) is 85.1 cm³/mol. The first-order valence-corrected chi connectivity index (χ1v) is 7.66. The fraction of sp³-hybridized carbons (Fsp3) is 0.312. The van der Waals surface area contributed by atoms with Crippen molar-refractivity contribution in [3.8, 4) is 0 Å². The number of anilines is 2. The molecule has 2 heterocycles. The zero-order valence-corrected chi connectivity index (χ0v) is 12.8. The van der Waals surface area contributed by atoms with Gasteiger partial charge in [0.1, 0.15) is 5.82 Å². The van der Waals surface area contributed by atoms with Gasteiger partial charge in [0.2, 0.25) is 0 Å². The molecule has 0 radical (unpaired) electrons. The van der Waals surface area contributed by atoms with Crippen LogP contribution in [-0.4, -0.2) is 11.5 Å². The number of pyridine rings is 1. The number of hydrogen-bond donors (Lipinski definition) is 0. The van der Waals surface area contributed by atoms with Crippen LogP contribution >= 0.6 is 23.2 Å². The van der Waals surface area contributed by atoms with Gasteiger partial charge in [0, 0.05) is 24.3 Å². The molecule has 1 unspecified atom stereocenters. The number of rotatable bonds is 2. The average Bonchev–Trinajstić information content (AvgIpc) is 2.47. The minimum absolute atomic E-state index is 0.402. The summed E-state index contributed by atoms with van der Waals surface area (Å²) in [5, 5.41) is 0.627. The third-order valence-corrected chi connectivity index (χ3v) is 4.31. The van der Waals surface area contributed by atoms with E-state index < -0.39 is 0 Å². The molecule has 104 valence electrons. The van der Waals surface area contributed by atoms with E-state index in [-0.39, 0.29) is 0 Å². The number of para-hydroxylation sites is 1. The van der Waals surface area contributed by atoms with Crippen molar-refractivity contribution >= 4 is 34.7 Å². The van der Waals surface area contributed by atoms with Gasteiger partial charge in [-0.15, -0.1) is 11.6 Å². The maximum absolute atomic E-state index is 6.10. The molecule has 0 aliphatic carbocycles. The standard InChI is InChI=1S/C16H16Cl2N2/c1-11-6-12-4-2-3-5-15(12)20(10-11)16-7-13(8-17)14(18)9-19-16/h2-5,7,9,11H,6,8,10H2,1H3. The van der Waals surface area contributed by atoms with Crippen LogP contribution in [0.4, 0.5) is 11.5 Å².